The van der Waals surface area contributed by atoms with Crippen LogP contribution in [0.25, 0.3) is 0 Å². The second kappa shape index (κ2) is 35.1. The Morgan fingerprint density at radius 3 is 1.52 bits per heavy atom. The maximum atomic E-state index is 14.0. The van der Waals surface area contributed by atoms with E-state index in [1.807, 2.05) is 70.2 Å². The molecule has 5 aromatic carbocycles. The Balaban J connectivity index is 0.000000139. The van der Waals surface area contributed by atoms with Crippen molar-refractivity contribution in [3.05, 3.63) is 230 Å². The number of hydrogen-bond acceptors (Lipinski definition) is 8. The molecule has 0 radical (unpaired) electrons. The molecule has 111 heavy (non-hydrogen) atoms. The van der Waals surface area contributed by atoms with Crippen molar-refractivity contribution in [2.75, 3.05) is 13.1 Å². The highest BCUT2D eigenvalue weighted by Crippen LogP contribution is 2.62. The van der Waals surface area contributed by atoms with Crippen molar-refractivity contribution in [2.45, 2.75) is 295 Å². The number of likely N-dealkylation sites (tertiary alicyclic amines) is 1. The van der Waals surface area contributed by atoms with Gasteiger partial charge >= 0.3 is 6.09 Å². The zero-order valence-corrected chi connectivity index (χ0v) is 67.0. The first kappa shape index (κ1) is 78.9. The minimum absolute atomic E-state index is 0.00413. The molecule has 1 saturated heterocycles. The molecule has 4 amide bonds. The summed E-state index contributed by atoms with van der Waals surface area (Å²) >= 11 is 0. The van der Waals surface area contributed by atoms with Gasteiger partial charge < -0.3 is 25.6 Å². The molecular formula is C94H120F2N10O5. The Morgan fingerprint density at radius 2 is 1.00 bits per heavy atom. The van der Waals surface area contributed by atoms with Gasteiger partial charge in [0.1, 0.15) is 17.2 Å². The molecule has 1 aliphatic heterocycles. The minimum Gasteiger partial charge on any atom is -0.444 e. The Hall–Kier alpha value is -8.73. The van der Waals surface area contributed by atoms with E-state index in [2.05, 4.69) is 111 Å². The van der Waals surface area contributed by atoms with E-state index in [9.17, 15) is 28.0 Å². The lowest BCUT2D eigenvalue weighted by molar-refractivity contribution is 0.0199. The number of aromatic nitrogens is 6. The van der Waals surface area contributed by atoms with Gasteiger partial charge in [-0.1, -0.05) is 194 Å². The molecule has 8 aliphatic rings. The van der Waals surface area contributed by atoms with Crippen molar-refractivity contribution in [3.8, 4) is 0 Å². The zero-order valence-electron chi connectivity index (χ0n) is 67.0. The molecule has 2 bridgehead atoms. The van der Waals surface area contributed by atoms with Crippen LogP contribution in [0.3, 0.4) is 0 Å². The summed E-state index contributed by atoms with van der Waals surface area (Å²) in [5.74, 6) is 0.868. The van der Waals surface area contributed by atoms with Gasteiger partial charge in [0, 0.05) is 71.0 Å². The summed E-state index contributed by atoms with van der Waals surface area (Å²) in [6, 6.07) is 46.1. The summed E-state index contributed by atoms with van der Waals surface area (Å²) in [4.78, 5) is 55.6. The van der Waals surface area contributed by atoms with Gasteiger partial charge in [0.15, 0.2) is 17.1 Å². The molecule has 5 unspecified atom stereocenters. The summed E-state index contributed by atoms with van der Waals surface area (Å²) in [7, 11) is 0. The summed E-state index contributed by atoms with van der Waals surface area (Å²) < 4.78 is 40.1. The maximum Gasteiger partial charge on any atom is 0.410 e. The Labute approximate surface area is 657 Å². The van der Waals surface area contributed by atoms with Crippen LogP contribution in [0.1, 0.15) is 331 Å². The number of rotatable bonds is 16. The van der Waals surface area contributed by atoms with Crippen molar-refractivity contribution in [2.24, 2.45) is 16.7 Å². The highest BCUT2D eigenvalue weighted by atomic mass is 19.1. The van der Waals surface area contributed by atoms with Crippen LogP contribution < -0.4 is 16.0 Å². The van der Waals surface area contributed by atoms with Crippen LogP contribution >= 0.6 is 0 Å². The van der Waals surface area contributed by atoms with Crippen LogP contribution in [0.15, 0.2) is 140 Å². The molecule has 0 spiro atoms. The van der Waals surface area contributed by atoms with Crippen LogP contribution in [0.4, 0.5) is 13.6 Å². The highest BCUT2D eigenvalue weighted by Gasteiger charge is 2.60. The largest absolute Gasteiger partial charge is 0.444 e. The molecule has 17 heteroatoms. The van der Waals surface area contributed by atoms with Gasteiger partial charge in [0.05, 0.1) is 30.4 Å². The normalized spacial score (nSPS) is 23.0. The average molecular weight is 1510 g/mol. The Morgan fingerprint density at radius 1 is 0.523 bits per heavy atom. The first-order chi connectivity index (χ1) is 53.6. The second-order valence-electron chi connectivity index (χ2n) is 35.7. The summed E-state index contributed by atoms with van der Waals surface area (Å²) in [6.45, 7) is 16.5. The van der Waals surface area contributed by atoms with Crippen LogP contribution in [0.2, 0.25) is 0 Å². The monoisotopic (exact) mass is 1510 g/mol. The summed E-state index contributed by atoms with van der Waals surface area (Å²) in [5.41, 5.74) is 14.3. The molecule has 4 heterocycles. The lowest BCUT2D eigenvalue weighted by atomic mass is 9.68. The molecule has 15 nitrogen and oxygen atoms in total. The highest BCUT2D eigenvalue weighted by molar-refractivity contribution is 5.96. The van der Waals surface area contributed by atoms with Crippen molar-refractivity contribution >= 4 is 23.8 Å². The smallest absolute Gasteiger partial charge is 0.410 e. The number of piperidine rings is 1. The van der Waals surface area contributed by atoms with Crippen molar-refractivity contribution in [3.63, 3.8) is 0 Å². The SMILES string of the molecule is CC(C)(C)OC(=O)N1CCC(NC(=O)c2nn(C3CCCCC3)c3c2CCCCC3Cc2cccc(F)c2)CC1.CC12CCC(C1)C(C)(C)[C@H]2NC(=O)c1nn(Cc2ccccc2)c2c1CCCCC2c1ccccc1.C[C@H](NC(=O)c1nn(C2CCCCC2)c2c1CCCCC2Cc1cccc(F)c1)c1ccccc1. The molecular weight excluding hydrogens is 1390 g/mol. The van der Waals surface area contributed by atoms with E-state index < -0.39 is 5.60 Å². The van der Waals surface area contributed by atoms with E-state index in [-0.39, 0.29) is 82.2 Å². The molecule has 5 fully saturated rings. The molecule has 3 N–H and O–H groups in total. The van der Waals surface area contributed by atoms with E-state index in [1.165, 1.54) is 104 Å². The Kier molecular flexibility index (Phi) is 25.0. The van der Waals surface area contributed by atoms with Crippen LogP contribution in [-0.4, -0.2) is 88.8 Å². The van der Waals surface area contributed by atoms with Crippen LogP contribution in [0, 0.1) is 28.4 Å². The maximum absolute atomic E-state index is 14.0. The average Bonchev–Trinajstić information content (AvgIpc) is 1.57. The third kappa shape index (κ3) is 18.5. The van der Waals surface area contributed by atoms with Crippen LogP contribution in [-0.2, 0) is 43.4 Å². The molecule has 4 saturated carbocycles. The number of fused-ring (bicyclic) bond motifs is 5. The number of hydrogen-bond donors (Lipinski definition) is 3. The predicted octanol–water partition coefficient (Wildman–Crippen LogP) is 20.5. The first-order valence-corrected chi connectivity index (χ1v) is 42.5. The van der Waals surface area contributed by atoms with Crippen molar-refractivity contribution in [1.29, 1.82) is 0 Å². The molecule has 16 rings (SSSR count). The lowest BCUT2D eigenvalue weighted by Gasteiger charge is -2.43. The van der Waals surface area contributed by atoms with Gasteiger partial charge in [-0.15, -0.1) is 0 Å². The van der Waals surface area contributed by atoms with E-state index in [0.717, 1.165) is 143 Å². The van der Waals surface area contributed by atoms with Gasteiger partial charge in [0.2, 0.25) is 0 Å². The summed E-state index contributed by atoms with van der Waals surface area (Å²) in [5, 5.41) is 25.2. The van der Waals surface area contributed by atoms with Gasteiger partial charge in [-0.3, -0.25) is 28.4 Å². The van der Waals surface area contributed by atoms with E-state index in [0.29, 0.717) is 67.6 Å². The number of carbonyl (C=O) groups excluding carboxylic acids is 4. The molecule has 590 valence electrons. The standard InChI is InChI=1S/C32H45FN4O3.C32H39N3O.C30H36FN3O/c1-32(2,3)40-31(39)36-18-16-25(17-19-36)34-30(38)28-27-15-8-7-11-23(20-22-10-9-12-24(33)21-22)29(27)37(35-28)26-13-5-4-6-14-26;1-31(2)24-18-19-32(3,20-24)30(31)33-29(36)27-26-17-11-10-16-25(23-14-8-5-9-15-23)28(26)35(34-27)21-22-12-6-4-7-13-22;1-21(23-12-4-2-5-13-23)32-30(35)28-27-18-9-8-14-24(19-22-11-10-15-25(31)20-22)29(27)34(33-28)26-16-6-3-7-17-26/h9-10,12,21,23,25-26H,4-8,11,13-20H2,1-3H3,(H,34,38);4-9,12-15,24-25,30H,10-11,16-21H2,1-3H3,(H,33,36);2,4-5,10-13,15,20-21,24,26H,3,6-9,14,16-19H2,1H3,(H,32,35)/t;24?,25?,30-,32?;21-,24?/m.10/s1. The Bertz CT molecular complexity index is 4480. The number of carbonyl (C=O) groups is 4. The fraction of sp³-hybridized carbons (Fsp3) is 0.543. The lowest BCUT2D eigenvalue weighted by Crippen LogP contribution is -2.52. The van der Waals surface area contributed by atoms with Gasteiger partial charge in [0.25, 0.3) is 17.7 Å². The number of halogens is 2. The third-order valence-electron chi connectivity index (χ3n) is 26.2. The number of amides is 4. The molecule has 7 aliphatic carbocycles. The van der Waals surface area contributed by atoms with E-state index >= 15 is 0 Å². The van der Waals surface area contributed by atoms with Gasteiger partial charge in [-0.25, -0.2) is 13.6 Å². The number of nitrogens with zero attached hydrogens (tertiary/aromatic N) is 7. The molecule has 8 aromatic rings. The predicted molar refractivity (Wildman–Crippen MR) is 434 cm³/mol. The molecule has 7 atom stereocenters. The third-order valence-corrected chi connectivity index (χ3v) is 26.2. The minimum atomic E-state index is -0.524. The van der Waals surface area contributed by atoms with E-state index in [4.69, 9.17) is 20.0 Å². The van der Waals surface area contributed by atoms with Crippen molar-refractivity contribution < 1.29 is 32.7 Å². The number of ether oxygens (including phenoxy) is 1. The van der Waals surface area contributed by atoms with E-state index in [1.54, 1.807) is 29.2 Å². The fourth-order valence-corrected chi connectivity index (χ4v) is 20.6. The second-order valence-corrected chi connectivity index (χ2v) is 35.7. The van der Waals surface area contributed by atoms with Crippen LogP contribution in [0.5, 0.6) is 0 Å². The fourth-order valence-electron chi connectivity index (χ4n) is 20.6. The van der Waals surface area contributed by atoms with Gasteiger partial charge in [-0.2, -0.15) is 15.3 Å². The van der Waals surface area contributed by atoms with Gasteiger partial charge in [-0.05, 0) is 225 Å². The molecule has 3 aromatic heterocycles. The zero-order chi connectivity index (χ0) is 77.4. The summed E-state index contributed by atoms with van der Waals surface area (Å²) in [6.07, 6.45) is 30.4. The first-order valence-electron chi connectivity index (χ1n) is 42.5. The number of benzene rings is 5. The topological polar surface area (TPSA) is 170 Å². The van der Waals surface area contributed by atoms with Crippen molar-refractivity contribution in [1.82, 2.24) is 50.2 Å². The quantitative estimate of drug-likeness (QED) is 0.0803. The number of nitrogens with one attached hydrogen (secondary N) is 3.